The van der Waals surface area contributed by atoms with Crippen LogP contribution in [-0.2, 0) is 15.7 Å². The van der Waals surface area contributed by atoms with E-state index in [-0.39, 0.29) is 23.5 Å². The van der Waals surface area contributed by atoms with E-state index in [2.05, 4.69) is 10.1 Å². The number of morpholine rings is 1. The number of carbonyl (C=O) groups excluding carboxylic acids is 1. The summed E-state index contributed by atoms with van der Waals surface area (Å²) in [6.45, 7) is 3.47. The van der Waals surface area contributed by atoms with Crippen LogP contribution in [0, 0.1) is 0 Å². The van der Waals surface area contributed by atoms with Gasteiger partial charge in [0.05, 0.1) is 37.9 Å². The fourth-order valence-electron chi connectivity index (χ4n) is 2.52. The van der Waals surface area contributed by atoms with Crippen molar-refractivity contribution in [2.75, 3.05) is 37.8 Å². The van der Waals surface area contributed by atoms with E-state index in [1.165, 1.54) is 6.20 Å². The van der Waals surface area contributed by atoms with E-state index < -0.39 is 17.8 Å². The van der Waals surface area contributed by atoms with Crippen LogP contribution in [0.1, 0.15) is 23.0 Å². The highest BCUT2D eigenvalue weighted by Crippen LogP contribution is 2.32. The van der Waals surface area contributed by atoms with E-state index in [4.69, 9.17) is 9.47 Å². The minimum Gasteiger partial charge on any atom is -0.462 e. The number of alkyl halides is 3. The van der Waals surface area contributed by atoms with Gasteiger partial charge in [-0.3, -0.25) is 0 Å². The molecular weight excluding hydrogens is 329 g/mol. The maximum atomic E-state index is 13.0. The molecule has 0 N–H and O–H groups in total. The third-order valence-electron chi connectivity index (χ3n) is 3.58. The molecule has 2 aromatic heterocycles. The lowest BCUT2D eigenvalue weighted by Gasteiger charge is -2.30. The van der Waals surface area contributed by atoms with E-state index in [0.29, 0.717) is 26.3 Å². The number of esters is 1. The average molecular weight is 344 g/mol. The van der Waals surface area contributed by atoms with Crippen molar-refractivity contribution in [3.05, 3.63) is 23.7 Å². The predicted octanol–water partition coefficient (Wildman–Crippen LogP) is 1.76. The molecule has 3 heterocycles. The monoisotopic (exact) mass is 344 g/mol. The first-order chi connectivity index (χ1) is 11.4. The second kappa shape index (κ2) is 6.27. The molecule has 3 rings (SSSR count). The molecular formula is C14H15F3N4O3. The Morgan fingerprint density at radius 3 is 2.71 bits per heavy atom. The molecule has 10 heteroatoms. The van der Waals surface area contributed by atoms with Crippen molar-refractivity contribution in [1.29, 1.82) is 0 Å². The third-order valence-corrected chi connectivity index (χ3v) is 3.58. The van der Waals surface area contributed by atoms with Crippen molar-refractivity contribution in [2.45, 2.75) is 13.1 Å². The molecule has 0 amide bonds. The summed E-state index contributed by atoms with van der Waals surface area (Å²) in [5.41, 5.74) is -0.729. The molecule has 1 aliphatic rings. The molecule has 2 aromatic rings. The van der Waals surface area contributed by atoms with E-state index in [1.54, 1.807) is 11.8 Å². The number of hydrogen-bond donors (Lipinski definition) is 0. The van der Waals surface area contributed by atoms with Gasteiger partial charge in [-0.15, -0.1) is 0 Å². The smallest absolute Gasteiger partial charge is 0.434 e. The second-order valence-corrected chi connectivity index (χ2v) is 5.12. The van der Waals surface area contributed by atoms with Crippen LogP contribution in [0.5, 0.6) is 0 Å². The van der Waals surface area contributed by atoms with Crippen LogP contribution in [0.15, 0.2) is 12.4 Å². The number of anilines is 1. The summed E-state index contributed by atoms with van der Waals surface area (Å²) in [4.78, 5) is 17.6. The summed E-state index contributed by atoms with van der Waals surface area (Å²) in [6, 6.07) is 0. The SMILES string of the molecule is CCOC(=O)c1cnn2cc(C(F)(F)F)nc2c1N1CCOCC1. The Morgan fingerprint density at radius 1 is 1.38 bits per heavy atom. The normalized spacial score (nSPS) is 15.8. The number of hydrogen-bond acceptors (Lipinski definition) is 6. The van der Waals surface area contributed by atoms with Crippen LogP contribution in [-0.4, -0.2) is 53.5 Å². The molecule has 1 fully saturated rings. The Labute approximate surface area is 135 Å². The summed E-state index contributed by atoms with van der Waals surface area (Å²) >= 11 is 0. The van der Waals surface area contributed by atoms with Crippen LogP contribution in [0.25, 0.3) is 5.65 Å². The number of rotatable bonds is 3. The highest BCUT2D eigenvalue weighted by atomic mass is 19.4. The molecule has 130 valence electrons. The summed E-state index contributed by atoms with van der Waals surface area (Å²) in [5.74, 6) is -0.648. The number of imidazole rings is 1. The summed E-state index contributed by atoms with van der Waals surface area (Å²) < 4.78 is 50.1. The number of carbonyl (C=O) groups is 1. The number of ether oxygens (including phenoxy) is 2. The van der Waals surface area contributed by atoms with Crippen molar-refractivity contribution < 1.29 is 27.4 Å². The van der Waals surface area contributed by atoms with Crippen molar-refractivity contribution in [2.24, 2.45) is 0 Å². The van der Waals surface area contributed by atoms with E-state index in [1.807, 2.05) is 0 Å². The number of aromatic nitrogens is 3. The predicted molar refractivity (Wildman–Crippen MR) is 77.0 cm³/mol. The quantitative estimate of drug-likeness (QED) is 0.791. The minimum absolute atomic E-state index is 0.0326. The molecule has 0 radical (unpaired) electrons. The molecule has 0 saturated carbocycles. The van der Waals surface area contributed by atoms with Crippen LogP contribution >= 0.6 is 0 Å². The summed E-state index contributed by atoms with van der Waals surface area (Å²) in [5, 5.41) is 3.87. The maximum Gasteiger partial charge on any atom is 0.434 e. The fourth-order valence-corrected chi connectivity index (χ4v) is 2.52. The zero-order valence-corrected chi connectivity index (χ0v) is 12.8. The highest BCUT2D eigenvalue weighted by molar-refractivity contribution is 5.99. The van der Waals surface area contributed by atoms with Gasteiger partial charge in [0.25, 0.3) is 0 Å². The molecule has 1 saturated heterocycles. The molecule has 0 bridgehead atoms. The lowest BCUT2D eigenvalue weighted by Crippen LogP contribution is -2.37. The third kappa shape index (κ3) is 3.01. The van der Waals surface area contributed by atoms with Gasteiger partial charge in [-0.2, -0.15) is 18.3 Å². The van der Waals surface area contributed by atoms with Crippen LogP contribution in [0.4, 0.5) is 18.9 Å². The van der Waals surface area contributed by atoms with E-state index in [9.17, 15) is 18.0 Å². The molecule has 0 spiro atoms. The zero-order valence-electron chi connectivity index (χ0n) is 12.8. The van der Waals surface area contributed by atoms with Gasteiger partial charge in [0.1, 0.15) is 5.56 Å². The zero-order chi connectivity index (χ0) is 17.3. The van der Waals surface area contributed by atoms with Gasteiger partial charge in [0.2, 0.25) is 0 Å². The summed E-state index contributed by atoms with van der Waals surface area (Å²) in [7, 11) is 0. The molecule has 7 nitrogen and oxygen atoms in total. The topological polar surface area (TPSA) is 69.0 Å². The molecule has 0 atom stereocenters. The van der Waals surface area contributed by atoms with Crippen LogP contribution in [0.3, 0.4) is 0 Å². The number of halogens is 3. The standard InChI is InChI=1S/C14H15F3N4O3/c1-2-24-13(22)9-7-18-21-8-10(14(15,16)17)19-12(21)11(9)20-3-5-23-6-4-20/h7-8H,2-6H2,1H3. The Hall–Kier alpha value is -2.36. The largest absolute Gasteiger partial charge is 0.462 e. The number of fused-ring (bicyclic) bond motifs is 1. The molecule has 1 aliphatic heterocycles. The van der Waals surface area contributed by atoms with Crippen LogP contribution < -0.4 is 4.90 Å². The Morgan fingerprint density at radius 2 is 2.08 bits per heavy atom. The Balaban J connectivity index is 2.17. The first-order valence-corrected chi connectivity index (χ1v) is 7.37. The fraction of sp³-hybridized carbons (Fsp3) is 0.500. The van der Waals surface area contributed by atoms with Crippen molar-refractivity contribution in [3.63, 3.8) is 0 Å². The second-order valence-electron chi connectivity index (χ2n) is 5.12. The average Bonchev–Trinajstić information content (AvgIpc) is 2.99. The molecule has 0 aliphatic carbocycles. The van der Waals surface area contributed by atoms with Gasteiger partial charge in [0, 0.05) is 13.1 Å². The van der Waals surface area contributed by atoms with Gasteiger partial charge in [0.15, 0.2) is 11.3 Å². The van der Waals surface area contributed by atoms with E-state index in [0.717, 1.165) is 10.7 Å². The lowest BCUT2D eigenvalue weighted by atomic mass is 10.2. The van der Waals surface area contributed by atoms with Gasteiger partial charge in [-0.1, -0.05) is 0 Å². The Kier molecular flexibility index (Phi) is 4.31. The summed E-state index contributed by atoms with van der Waals surface area (Å²) in [6.07, 6.45) is -2.59. The Bertz CT molecular complexity index is 754. The van der Waals surface area contributed by atoms with Crippen molar-refractivity contribution >= 4 is 17.3 Å². The first-order valence-electron chi connectivity index (χ1n) is 7.37. The highest BCUT2D eigenvalue weighted by Gasteiger charge is 2.35. The lowest BCUT2D eigenvalue weighted by molar-refractivity contribution is -0.140. The molecule has 0 unspecified atom stereocenters. The van der Waals surface area contributed by atoms with Gasteiger partial charge in [-0.05, 0) is 6.92 Å². The van der Waals surface area contributed by atoms with Crippen LogP contribution in [0.2, 0.25) is 0 Å². The maximum absolute atomic E-state index is 13.0. The van der Waals surface area contributed by atoms with E-state index >= 15 is 0 Å². The van der Waals surface area contributed by atoms with Gasteiger partial charge in [-0.25, -0.2) is 14.3 Å². The first kappa shape index (κ1) is 16.5. The van der Waals surface area contributed by atoms with Gasteiger partial charge >= 0.3 is 12.1 Å². The van der Waals surface area contributed by atoms with Gasteiger partial charge < -0.3 is 14.4 Å². The van der Waals surface area contributed by atoms with Crippen molar-refractivity contribution in [1.82, 2.24) is 14.6 Å². The minimum atomic E-state index is -4.60. The van der Waals surface area contributed by atoms with Crippen molar-refractivity contribution in [3.8, 4) is 0 Å². The molecule has 0 aromatic carbocycles. The number of nitrogens with zero attached hydrogens (tertiary/aromatic N) is 4. The molecule has 24 heavy (non-hydrogen) atoms.